The van der Waals surface area contributed by atoms with Gasteiger partial charge in [0.2, 0.25) is 10.0 Å². The molecule has 116 valence electrons. The first kappa shape index (κ1) is 15.9. The molecule has 0 aromatic heterocycles. The van der Waals surface area contributed by atoms with Gasteiger partial charge >= 0.3 is 0 Å². The predicted octanol–water partition coefficient (Wildman–Crippen LogP) is 1.28. The lowest BCUT2D eigenvalue weighted by Crippen LogP contribution is -2.41. The normalized spacial score (nSPS) is 19.1. The van der Waals surface area contributed by atoms with Gasteiger partial charge in [-0.05, 0) is 26.0 Å². The van der Waals surface area contributed by atoms with Crippen LogP contribution in [0.3, 0.4) is 0 Å². The summed E-state index contributed by atoms with van der Waals surface area (Å²) in [5, 5.41) is 14.1. The van der Waals surface area contributed by atoms with Crippen LogP contribution in [-0.2, 0) is 10.0 Å². The molecule has 0 saturated carbocycles. The standard InChI is InChI=1S/C13H19N3O4S/c1-3-15(11-7-8-14-9-11)21(19,20)13-6-4-5-12(10(13)2)16(17)18/h4-6,11,14H,3,7-9H2,1-2H3. The van der Waals surface area contributed by atoms with Gasteiger partial charge in [0.05, 0.1) is 9.82 Å². The number of nitro groups is 1. The van der Waals surface area contributed by atoms with E-state index in [9.17, 15) is 18.5 Å². The second-order valence-corrected chi connectivity index (χ2v) is 6.87. The number of nitrogens with one attached hydrogen (secondary N) is 1. The lowest BCUT2D eigenvalue weighted by atomic mass is 10.2. The molecule has 1 atom stereocenters. The predicted molar refractivity (Wildman–Crippen MR) is 78.7 cm³/mol. The number of hydrogen-bond donors (Lipinski definition) is 1. The van der Waals surface area contributed by atoms with Gasteiger partial charge in [0, 0.05) is 30.8 Å². The molecule has 8 heteroatoms. The summed E-state index contributed by atoms with van der Waals surface area (Å²) in [5.74, 6) is 0. The number of sulfonamides is 1. The van der Waals surface area contributed by atoms with Crippen LogP contribution in [0.5, 0.6) is 0 Å². The van der Waals surface area contributed by atoms with Crippen LogP contribution < -0.4 is 5.32 Å². The van der Waals surface area contributed by atoms with E-state index in [2.05, 4.69) is 5.32 Å². The molecule has 21 heavy (non-hydrogen) atoms. The number of hydrogen-bond acceptors (Lipinski definition) is 5. The smallest absolute Gasteiger partial charge is 0.273 e. The fourth-order valence-electron chi connectivity index (χ4n) is 2.72. The van der Waals surface area contributed by atoms with Crippen molar-refractivity contribution in [2.24, 2.45) is 0 Å². The number of nitrogens with zero attached hydrogens (tertiary/aromatic N) is 2. The molecule has 0 radical (unpaired) electrons. The minimum absolute atomic E-state index is 0.0189. The first-order valence-electron chi connectivity index (χ1n) is 6.86. The highest BCUT2D eigenvalue weighted by Crippen LogP contribution is 2.28. The van der Waals surface area contributed by atoms with Crippen molar-refractivity contribution in [2.75, 3.05) is 19.6 Å². The van der Waals surface area contributed by atoms with Crippen LogP contribution in [0.2, 0.25) is 0 Å². The van der Waals surface area contributed by atoms with Crippen LogP contribution in [0.4, 0.5) is 5.69 Å². The molecule has 1 saturated heterocycles. The van der Waals surface area contributed by atoms with Crippen molar-refractivity contribution in [1.82, 2.24) is 9.62 Å². The molecule has 0 amide bonds. The molecule has 1 aromatic rings. The Kier molecular flexibility index (Phi) is 4.60. The summed E-state index contributed by atoms with van der Waals surface area (Å²) in [6, 6.07) is 4.07. The third-order valence-electron chi connectivity index (χ3n) is 3.79. The van der Waals surface area contributed by atoms with Gasteiger partial charge in [-0.15, -0.1) is 0 Å². The number of likely N-dealkylation sites (N-methyl/N-ethyl adjacent to an activating group) is 1. The first-order chi connectivity index (χ1) is 9.89. The highest BCUT2D eigenvalue weighted by atomic mass is 32.2. The third kappa shape index (κ3) is 2.92. The van der Waals surface area contributed by atoms with Gasteiger partial charge in [-0.3, -0.25) is 10.1 Å². The SMILES string of the molecule is CCN(C1CCNC1)S(=O)(=O)c1cccc([N+](=O)[O-])c1C. The fraction of sp³-hybridized carbons (Fsp3) is 0.538. The van der Waals surface area contributed by atoms with Crippen LogP contribution in [0.15, 0.2) is 23.1 Å². The van der Waals surface area contributed by atoms with Crippen LogP contribution in [0, 0.1) is 17.0 Å². The molecular weight excluding hydrogens is 294 g/mol. The molecule has 1 fully saturated rings. The van der Waals surface area contributed by atoms with Crippen molar-refractivity contribution in [3.8, 4) is 0 Å². The van der Waals surface area contributed by atoms with E-state index in [0.29, 0.717) is 13.1 Å². The number of benzene rings is 1. The molecule has 0 spiro atoms. The van der Waals surface area contributed by atoms with E-state index in [-0.39, 0.29) is 22.2 Å². The Labute approximate surface area is 124 Å². The summed E-state index contributed by atoms with van der Waals surface area (Å²) in [7, 11) is -3.73. The summed E-state index contributed by atoms with van der Waals surface area (Å²) < 4.78 is 27.1. The van der Waals surface area contributed by atoms with Crippen LogP contribution in [-0.4, -0.2) is 43.3 Å². The largest absolute Gasteiger partial charge is 0.315 e. The Bertz CT molecular complexity index is 639. The average molecular weight is 313 g/mol. The molecule has 1 aromatic carbocycles. The second kappa shape index (κ2) is 6.08. The summed E-state index contributed by atoms with van der Waals surface area (Å²) in [6.07, 6.45) is 0.751. The van der Waals surface area contributed by atoms with Crippen molar-refractivity contribution >= 4 is 15.7 Å². The lowest BCUT2D eigenvalue weighted by molar-refractivity contribution is -0.385. The maximum Gasteiger partial charge on any atom is 0.273 e. The Morgan fingerprint density at radius 1 is 1.48 bits per heavy atom. The van der Waals surface area contributed by atoms with E-state index in [1.165, 1.54) is 29.4 Å². The molecule has 7 nitrogen and oxygen atoms in total. The highest BCUT2D eigenvalue weighted by Gasteiger charge is 2.34. The zero-order valence-corrected chi connectivity index (χ0v) is 12.9. The summed E-state index contributed by atoms with van der Waals surface area (Å²) >= 11 is 0. The van der Waals surface area contributed by atoms with Gasteiger partial charge in [-0.1, -0.05) is 13.0 Å². The molecule has 1 aliphatic heterocycles. The van der Waals surface area contributed by atoms with E-state index in [4.69, 9.17) is 0 Å². The van der Waals surface area contributed by atoms with Crippen molar-refractivity contribution in [2.45, 2.75) is 31.2 Å². The van der Waals surface area contributed by atoms with Crippen molar-refractivity contribution in [1.29, 1.82) is 0 Å². The molecule has 2 rings (SSSR count). The summed E-state index contributed by atoms with van der Waals surface area (Å²) in [6.45, 7) is 5.00. The van der Waals surface area contributed by atoms with E-state index in [0.717, 1.165) is 13.0 Å². The van der Waals surface area contributed by atoms with Crippen molar-refractivity contribution in [3.05, 3.63) is 33.9 Å². The van der Waals surface area contributed by atoms with Gasteiger partial charge in [0.25, 0.3) is 5.69 Å². The van der Waals surface area contributed by atoms with Crippen LogP contribution in [0.1, 0.15) is 18.9 Å². The number of rotatable bonds is 5. The number of nitro benzene ring substituents is 1. The highest BCUT2D eigenvalue weighted by molar-refractivity contribution is 7.89. The monoisotopic (exact) mass is 313 g/mol. The topological polar surface area (TPSA) is 92.6 Å². The maximum absolute atomic E-state index is 12.8. The molecule has 0 aliphatic carbocycles. The van der Waals surface area contributed by atoms with Gasteiger partial charge in [-0.25, -0.2) is 8.42 Å². The zero-order valence-electron chi connectivity index (χ0n) is 12.1. The second-order valence-electron chi connectivity index (χ2n) is 5.01. The maximum atomic E-state index is 12.8. The van der Waals surface area contributed by atoms with Gasteiger partial charge in [-0.2, -0.15) is 4.31 Å². The molecule has 1 aliphatic rings. The van der Waals surface area contributed by atoms with E-state index in [1.807, 2.05) is 0 Å². The van der Waals surface area contributed by atoms with Gasteiger partial charge in [0.1, 0.15) is 0 Å². The van der Waals surface area contributed by atoms with Gasteiger partial charge < -0.3 is 5.32 Å². The minimum atomic E-state index is -3.73. The van der Waals surface area contributed by atoms with E-state index < -0.39 is 14.9 Å². The molecular formula is C13H19N3O4S. The van der Waals surface area contributed by atoms with Crippen molar-refractivity contribution < 1.29 is 13.3 Å². The zero-order chi connectivity index (χ0) is 15.6. The fourth-order valence-corrected chi connectivity index (χ4v) is 4.62. The van der Waals surface area contributed by atoms with Gasteiger partial charge in [0.15, 0.2) is 0 Å². The summed E-state index contributed by atoms with van der Waals surface area (Å²) in [4.78, 5) is 10.4. The Morgan fingerprint density at radius 2 is 2.19 bits per heavy atom. The molecule has 1 heterocycles. The quantitative estimate of drug-likeness (QED) is 0.653. The van der Waals surface area contributed by atoms with Crippen LogP contribution in [0.25, 0.3) is 0 Å². The third-order valence-corrected chi connectivity index (χ3v) is 5.96. The Balaban J connectivity index is 2.47. The Hall–Kier alpha value is -1.51. The van der Waals surface area contributed by atoms with E-state index in [1.54, 1.807) is 6.92 Å². The molecule has 1 unspecified atom stereocenters. The Morgan fingerprint density at radius 3 is 2.71 bits per heavy atom. The minimum Gasteiger partial charge on any atom is -0.315 e. The first-order valence-corrected chi connectivity index (χ1v) is 8.30. The summed E-state index contributed by atoms with van der Waals surface area (Å²) in [5.41, 5.74) is 0.0172. The average Bonchev–Trinajstić information content (AvgIpc) is 2.92. The van der Waals surface area contributed by atoms with Crippen molar-refractivity contribution in [3.63, 3.8) is 0 Å². The molecule has 0 bridgehead atoms. The van der Waals surface area contributed by atoms with E-state index >= 15 is 0 Å². The van der Waals surface area contributed by atoms with Crippen LogP contribution >= 0.6 is 0 Å². The molecule has 1 N–H and O–H groups in total. The lowest BCUT2D eigenvalue weighted by Gasteiger charge is -2.26.